The molecule has 108 valence electrons. The van der Waals surface area contributed by atoms with E-state index in [1.165, 1.54) is 11.9 Å². The summed E-state index contributed by atoms with van der Waals surface area (Å²) in [6.07, 6.45) is 0. The highest BCUT2D eigenvalue weighted by Gasteiger charge is 2.22. The van der Waals surface area contributed by atoms with Crippen molar-refractivity contribution in [2.75, 3.05) is 0 Å². The maximum atomic E-state index is 12.4. The zero-order chi connectivity index (χ0) is 15.1. The number of phenols is 1. The number of aromatic nitrogens is 1. The van der Waals surface area contributed by atoms with Gasteiger partial charge in [-0.2, -0.15) is 5.10 Å². The number of H-pyrrole nitrogens is 1. The first-order chi connectivity index (χ1) is 10.7. The summed E-state index contributed by atoms with van der Waals surface area (Å²) in [5.74, 6) is 0.109. The van der Waals surface area contributed by atoms with Crippen molar-refractivity contribution < 1.29 is 5.11 Å². The van der Waals surface area contributed by atoms with Crippen molar-refractivity contribution in [3.63, 3.8) is 0 Å². The second-order valence-corrected chi connectivity index (χ2v) is 5.73. The molecule has 0 fully saturated rings. The fraction of sp³-hybridized carbons (Fsp3) is 0. The van der Waals surface area contributed by atoms with Gasteiger partial charge >= 0.3 is 0 Å². The Kier molecular flexibility index (Phi) is 2.90. The third-order valence-corrected chi connectivity index (χ3v) is 4.31. The lowest BCUT2D eigenvalue weighted by Crippen LogP contribution is -2.23. The van der Waals surface area contributed by atoms with Gasteiger partial charge in [0, 0.05) is 22.4 Å². The maximum absolute atomic E-state index is 12.4. The standard InChI is InChI=1S/C16H11N3O2S/c20-12-6-3-7-13-14(12)15(18-19-22-13)10-8-9-4-1-2-5-11(9)17-16(10)21/h1-8,19-20H,(H,17,21). The van der Waals surface area contributed by atoms with Gasteiger partial charge in [-0.15, -0.1) is 0 Å². The third kappa shape index (κ3) is 1.96. The van der Waals surface area contributed by atoms with Gasteiger partial charge in [-0.25, -0.2) is 4.83 Å². The van der Waals surface area contributed by atoms with E-state index >= 15 is 0 Å². The topological polar surface area (TPSA) is 77.5 Å². The van der Waals surface area contributed by atoms with Crippen LogP contribution in [0.25, 0.3) is 10.9 Å². The minimum Gasteiger partial charge on any atom is -0.507 e. The van der Waals surface area contributed by atoms with E-state index in [0.717, 1.165) is 15.8 Å². The SMILES string of the molecule is O=c1[nH]c2ccccc2cc1C1=NNSc2cccc(O)c21. The lowest BCUT2D eigenvalue weighted by atomic mass is 10.0. The summed E-state index contributed by atoms with van der Waals surface area (Å²) in [5.41, 5.74) is 1.98. The van der Waals surface area contributed by atoms with Crippen LogP contribution in [0.5, 0.6) is 5.75 Å². The summed E-state index contributed by atoms with van der Waals surface area (Å²) in [5, 5.41) is 15.3. The van der Waals surface area contributed by atoms with Crippen LogP contribution in [0.15, 0.2) is 63.3 Å². The summed E-state index contributed by atoms with van der Waals surface area (Å²) < 4.78 is 0. The molecule has 2 heterocycles. The zero-order valence-electron chi connectivity index (χ0n) is 11.3. The minimum absolute atomic E-state index is 0.109. The van der Waals surface area contributed by atoms with Crippen molar-refractivity contribution in [3.05, 3.63) is 70.0 Å². The summed E-state index contributed by atoms with van der Waals surface area (Å²) in [7, 11) is 0. The molecule has 22 heavy (non-hydrogen) atoms. The van der Waals surface area contributed by atoms with Crippen LogP contribution in [0.2, 0.25) is 0 Å². The van der Waals surface area contributed by atoms with Gasteiger partial charge < -0.3 is 10.1 Å². The largest absolute Gasteiger partial charge is 0.507 e. The molecule has 0 radical (unpaired) electrons. The zero-order valence-corrected chi connectivity index (χ0v) is 12.1. The van der Waals surface area contributed by atoms with Gasteiger partial charge in [0.1, 0.15) is 11.5 Å². The number of hydrogen-bond acceptors (Lipinski definition) is 5. The highest BCUT2D eigenvalue weighted by atomic mass is 32.2. The van der Waals surface area contributed by atoms with Crippen molar-refractivity contribution >= 4 is 28.6 Å². The van der Waals surface area contributed by atoms with Gasteiger partial charge in [0.25, 0.3) is 5.56 Å². The Labute approximate surface area is 129 Å². The third-order valence-electron chi connectivity index (χ3n) is 3.56. The van der Waals surface area contributed by atoms with E-state index in [4.69, 9.17) is 0 Å². The van der Waals surface area contributed by atoms with Crippen molar-refractivity contribution in [2.45, 2.75) is 4.90 Å². The predicted molar refractivity (Wildman–Crippen MR) is 87.3 cm³/mol. The second-order valence-electron chi connectivity index (χ2n) is 4.90. The smallest absolute Gasteiger partial charge is 0.257 e. The predicted octanol–water partition coefficient (Wildman–Crippen LogP) is 2.60. The molecular weight excluding hydrogens is 298 g/mol. The Balaban J connectivity index is 1.99. The summed E-state index contributed by atoms with van der Waals surface area (Å²) in [6.45, 7) is 0. The van der Waals surface area contributed by atoms with Crippen LogP contribution in [0, 0.1) is 0 Å². The molecule has 5 nitrogen and oxygen atoms in total. The maximum Gasteiger partial charge on any atom is 0.257 e. The van der Waals surface area contributed by atoms with Crippen LogP contribution >= 0.6 is 11.9 Å². The number of rotatable bonds is 1. The summed E-state index contributed by atoms with van der Waals surface area (Å²) in [4.78, 5) is 18.9. The Morgan fingerprint density at radius 2 is 1.95 bits per heavy atom. The average Bonchev–Trinajstić information content (AvgIpc) is 2.54. The number of para-hydroxylation sites is 1. The van der Waals surface area contributed by atoms with Gasteiger partial charge in [-0.3, -0.25) is 4.79 Å². The van der Waals surface area contributed by atoms with E-state index in [0.29, 0.717) is 16.8 Å². The van der Waals surface area contributed by atoms with Crippen molar-refractivity contribution in [3.8, 4) is 5.75 Å². The van der Waals surface area contributed by atoms with Crippen LogP contribution in [-0.2, 0) is 0 Å². The molecule has 0 saturated carbocycles. The molecule has 3 aromatic rings. The molecule has 0 saturated heterocycles. The number of phenolic OH excluding ortho intramolecular Hbond substituents is 1. The van der Waals surface area contributed by atoms with Crippen molar-refractivity contribution in [1.82, 2.24) is 9.82 Å². The number of nitrogens with zero attached hydrogens (tertiary/aromatic N) is 1. The number of fused-ring (bicyclic) bond motifs is 2. The molecule has 2 aromatic carbocycles. The number of aromatic hydroxyl groups is 1. The number of nitrogens with one attached hydrogen (secondary N) is 2. The van der Waals surface area contributed by atoms with E-state index in [2.05, 4.69) is 14.9 Å². The Morgan fingerprint density at radius 1 is 1.09 bits per heavy atom. The highest BCUT2D eigenvalue weighted by Crippen LogP contribution is 2.32. The number of hydrazone groups is 1. The molecule has 0 spiro atoms. The first kappa shape index (κ1) is 13.0. The quantitative estimate of drug-likeness (QED) is 0.604. The molecule has 4 rings (SSSR count). The van der Waals surface area contributed by atoms with E-state index in [1.807, 2.05) is 30.3 Å². The molecule has 0 atom stereocenters. The van der Waals surface area contributed by atoms with Gasteiger partial charge in [-0.1, -0.05) is 24.3 Å². The van der Waals surface area contributed by atoms with E-state index in [1.54, 1.807) is 18.2 Å². The van der Waals surface area contributed by atoms with Crippen LogP contribution in [0.1, 0.15) is 11.1 Å². The van der Waals surface area contributed by atoms with Gasteiger partial charge in [0.05, 0.1) is 11.1 Å². The number of pyridine rings is 1. The monoisotopic (exact) mass is 309 g/mol. The molecule has 1 aliphatic heterocycles. The Morgan fingerprint density at radius 3 is 2.86 bits per heavy atom. The molecule has 1 aliphatic rings. The lowest BCUT2D eigenvalue weighted by Gasteiger charge is -2.17. The molecule has 1 aromatic heterocycles. The fourth-order valence-corrected chi connectivity index (χ4v) is 3.22. The minimum atomic E-state index is -0.236. The summed E-state index contributed by atoms with van der Waals surface area (Å²) >= 11 is 1.30. The van der Waals surface area contributed by atoms with Gasteiger partial charge in [0.2, 0.25) is 0 Å². The van der Waals surface area contributed by atoms with Gasteiger partial charge in [0.15, 0.2) is 0 Å². The molecule has 3 N–H and O–H groups in total. The number of hydrogen-bond donors (Lipinski definition) is 3. The Bertz CT molecular complexity index is 979. The molecule has 0 unspecified atom stereocenters. The molecular formula is C16H11N3O2S. The van der Waals surface area contributed by atoms with Crippen LogP contribution in [0.3, 0.4) is 0 Å². The first-order valence-corrected chi connectivity index (χ1v) is 7.50. The normalized spacial score (nSPS) is 13.4. The number of benzene rings is 2. The number of aromatic amines is 1. The lowest BCUT2D eigenvalue weighted by molar-refractivity contribution is 0.472. The van der Waals surface area contributed by atoms with E-state index in [-0.39, 0.29) is 11.3 Å². The Hall–Kier alpha value is -2.73. The van der Waals surface area contributed by atoms with Crippen LogP contribution in [-0.4, -0.2) is 15.8 Å². The second kappa shape index (κ2) is 4.92. The first-order valence-electron chi connectivity index (χ1n) is 6.68. The van der Waals surface area contributed by atoms with Crippen LogP contribution in [0.4, 0.5) is 0 Å². The van der Waals surface area contributed by atoms with Crippen molar-refractivity contribution in [1.29, 1.82) is 0 Å². The van der Waals surface area contributed by atoms with Gasteiger partial charge in [-0.05, 0) is 29.7 Å². The van der Waals surface area contributed by atoms with Crippen molar-refractivity contribution in [2.24, 2.45) is 5.10 Å². The molecule has 0 amide bonds. The highest BCUT2D eigenvalue weighted by molar-refractivity contribution is 7.97. The van der Waals surface area contributed by atoms with E-state index < -0.39 is 0 Å². The fourth-order valence-electron chi connectivity index (χ4n) is 2.53. The van der Waals surface area contributed by atoms with E-state index in [9.17, 15) is 9.90 Å². The average molecular weight is 309 g/mol. The van der Waals surface area contributed by atoms with Crippen LogP contribution < -0.4 is 10.4 Å². The molecule has 0 aliphatic carbocycles. The molecule has 6 heteroatoms. The molecule has 0 bridgehead atoms. The summed E-state index contributed by atoms with van der Waals surface area (Å²) in [6, 6.07) is 14.6.